The number of piperazine rings is 1. The zero-order valence-corrected chi connectivity index (χ0v) is 12.1. The molecule has 1 saturated heterocycles. The monoisotopic (exact) mass is 261 g/mol. The SMILES string of the molecule is CNCc1cc(C)ccc1N1CCN(C(C)=O)CC1. The van der Waals surface area contributed by atoms with Gasteiger partial charge in [0.1, 0.15) is 0 Å². The van der Waals surface area contributed by atoms with Gasteiger partial charge in [-0.25, -0.2) is 0 Å². The summed E-state index contributed by atoms with van der Waals surface area (Å²) in [5, 5.41) is 3.23. The first-order valence-electron chi connectivity index (χ1n) is 6.86. The van der Waals surface area contributed by atoms with Gasteiger partial charge in [0.25, 0.3) is 0 Å². The van der Waals surface area contributed by atoms with Crippen LogP contribution in [-0.4, -0.2) is 44.0 Å². The molecule has 0 radical (unpaired) electrons. The molecular weight excluding hydrogens is 238 g/mol. The first-order valence-corrected chi connectivity index (χ1v) is 6.86. The van der Waals surface area contributed by atoms with Gasteiger partial charge in [0.05, 0.1) is 0 Å². The topological polar surface area (TPSA) is 35.6 Å². The Kier molecular flexibility index (Phi) is 4.43. The van der Waals surface area contributed by atoms with E-state index in [0.29, 0.717) is 0 Å². The third-order valence-electron chi connectivity index (χ3n) is 3.67. The molecule has 1 heterocycles. The highest BCUT2D eigenvalue weighted by molar-refractivity contribution is 5.73. The van der Waals surface area contributed by atoms with Gasteiger partial charge in [0.15, 0.2) is 0 Å². The Morgan fingerprint density at radius 2 is 1.95 bits per heavy atom. The molecule has 104 valence electrons. The average molecular weight is 261 g/mol. The molecule has 0 aromatic heterocycles. The minimum absolute atomic E-state index is 0.180. The second kappa shape index (κ2) is 6.06. The van der Waals surface area contributed by atoms with Crippen LogP contribution in [0.15, 0.2) is 18.2 Å². The third-order valence-corrected chi connectivity index (χ3v) is 3.67. The predicted octanol–water partition coefficient (Wildman–Crippen LogP) is 1.38. The molecule has 1 aliphatic rings. The standard InChI is InChI=1S/C15H23N3O/c1-12-4-5-15(14(10-12)11-16-3)18-8-6-17(7-9-18)13(2)19/h4-5,10,16H,6-9,11H2,1-3H3. The molecule has 1 fully saturated rings. The second-order valence-corrected chi connectivity index (χ2v) is 5.16. The quantitative estimate of drug-likeness (QED) is 0.893. The Hall–Kier alpha value is -1.55. The van der Waals surface area contributed by atoms with Crippen molar-refractivity contribution < 1.29 is 4.79 Å². The summed E-state index contributed by atoms with van der Waals surface area (Å²) < 4.78 is 0. The average Bonchev–Trinajstić information content (AvgIpc) is 2.39. The number of nitrogens with one attached hydrogen (secondary N) is 1. The number of anilines is 1. The normalized spacial score (nSPS) is 15.7. The Balaban J connectivity index is 2.12. The molecule has 4 nitrogen and oxygen atoms in total. The summed E-state index contributed by atoms with van der Waals surface area (Å²) in [6.07, 6.45) is 0. The summed E-state index contributed by atoms with van der Waals surface area (Å²) >= 11 is 0. The molecule has 19 heavy (non-hydrogen) atoms. The van der Waals surface area contributed by atoms with Crippen molar-refractivity contribution in [2.75, 3.05) is 38.1 Å². The first kappa shape index (κ1) is 13.9. The summed E-state index contributed by atoms with van der Waals surface area (Å²) in [5.41, 5.74) is 3.92. The smallest absolute Gasteiger partial charge is 0.219 e. The van der Waals surface area contributed by atoms with E-state index in [1.165, 1.54) is 16.8 Å². The van der Waals surface area contributed by atoms with Crippen LogP contribution in [0.2, 0.25) is 0 Å². The molecule has 1 aliphatic heterocycles. The number of hydrogen-bond acceptors (Lipinski definition) is 3. The van der Waals surface area contributed by atoms with Crippen molar-refractivity contribution in [2.45, 2.75) is 20.4 Å². The summed E-state index contributed by atoms with van der Waals surface area (Å²) in [4.78, 5) is 15.7. The largest absolute Gasteiger partial charge is 0.368 e. The lowest BCUT2D eigenvalue weighted by atomic mass is 10.1. The van der Waals surface area contributed by atoms with Gasteiger partial charge >= 0.3 is 0 Å². The van der Waals surface area contributed by atoms with E-state index in [1.54, 1.807) is 6.92 Å². The van der Waals surface area contributed by atoms with Gasteiger partial charge < -0.3 is 15.1 Å². The Morgan fingerprint density at radius 1 is 1.26 bits per heavy atom. The Labute approximate surface area is 115 Å². The maximum absolute atomic E-state index is 11.4. The highest BCUT2D eigenvalue weighted by Crippen LogP contribution is 2.23. The molecule has 1 aromatic rings. The van der Waals surface area contributed by atoms with Gasteiger partial charge in [0.2, 0.25) is 5.91 Å². The maximum atomic E-state index is 11.4. The highest BCUT2D eigenvalue weighted by Gasteiger charge is 2.20. The van der Waals surface area contributed by atoms with E-state index in [2.05, 4.69) is 35.3 Å². The Morgan fingerprint density at radius 3 is 2.53 bits per heavy atom. The molecular formula is C15H23N3O. The number of nitrogens with zero attached hydrogens (tertiary/aromatic N) is 2. The lowest BCUT2D eigenvalue weighted by Gasteiger charge is -2.36. The van der Waals surface area contributed by atoms with Crippen molar-refractivity contribution in [2.24, 2.45) is 0 Å². The van der Waals surface area contributed by atoms with Crippen LogP contribution in [0, 0.1) is 6.92 Å². The number of amides is 1. The molecule has 0 atom stereocenters. The lowest BCUT2D eigenvalue weighted by Crippen LogP contribution is -2.48. The van der Waals surface area contributed by atoms with Gasteiger partial charge in [0, 0.05) is 45.3 Å². The van der Waals surface area contributed by atoms with Crippen molar-refractivity contribution in [3.05, 3.63) is 29.3 Å². The third kappa shape index (κ3) is 3.26. The van der Waals surface area contributed by atoms with Crippen LogP contribution in [0.3, 0.4) is 0 Å². The molecule has 1 N–H and O–H groups in total. The first-order chi connectivity index (χ1) is 9.11. The van der Waals surface area contributed by atoms with E-state index in [1.807, 2.05) is 11.9 Å². The number of benzene rings is 1. The predicted molar refractivity (Wildman–Crippen MR) is 78.4 cm³/mol. The molecule has 1 aromatic carbocycles. The molecule has 0 aliphatic carbocycles. The van der Waals surface area contributed by atoms with Crippen LogP contribution >= 0.6 is 0 Å². The summed E-state index contributed by atoms with van der Waals surface area (Å²) in [6.45, 7) is 8.12. The molecule has 1 amide bonds. The number of carbonyl (C=O) groups excluding carboxylic acids is 1. The van der Waals surface area contributed by atoms with Gasteiger partial charge in [-0.15, -0.1) is 0 Å². The molecule has 0 bridgehead atoms. The van der Waals surface area contributed by atoms with E-state index in [0.717, 1.165) is 32.7 Å². The fourth-order valence-electron chi connectivity index (χ4n) is 2.62. The van der Waals surface area contributed by atoms with Crippen LogP contribution in [0.4, 0.5) is 5.69 Å². The van der Waals surface area contributed by atoms with Crippen LogP contribution in [0.5, 0.6) is 0 Å². The summed E-state index contributed by atoms with van der Waals surface area (Å²) in [7, 11) is 1.97. The lowest BCUT2D eigenvalue weighted by molar-refractivity contribution is -0.129. The van der Waals surface area contributed by atoms with Gasteiger partial charge in [-0.1, -0.05) is 17.7 Å². The molecule has 0 spiro atoms. The van der Waals surface area contributed by atoms with Crippen LogP contribution < -0.4 is 10.2 Å². The van der Waals surface area contributed by atoms with Crippen LogP contribution in [0.25, 0.3) is 0 Å². The highest BCUT2D eigenvalue weighted by atomic mass is 16.2. The zero-order chi connectivity index (χ0) is 13.8. The second-order valence-electron chi connectivity index (χ2n) is 5.16. The number of aryl methyl sites for hydroxylation is 1. The van der Waals surface area contributed by atoms with Crippen molar-refractivity contribution in [3.63, 3.8) is 0 Å². The van der Waals surface area contributed by atoms with Crippen molar-refractivity contribution in [3.8, 4) is 0 Å². The van der Waals surface area contributed by atoms with E-state index in [9.17, 15) is 4.79 Å². The van der Waals surface area contributed by atoms with Gasteiger partial charge in [-0.3, -0.25) is 4.79 Å². The van der Waals surface area contributed by atoms with Crippen molar-refractivity contribution in [1.82, 2.24) is 10.2 Å². The minimum atomic E-state index is 0.180. The molecule has 4 heteroatoms. The minimum Gasteiger partial charge on any atom is -0.368 e. The van der Waals surface area contributed by atoms with E-state index in [4.69, 9.17) is 0 Å². The molecule has 0 unspecified atom stereocenters. The Bertz CT molecular complexity index is 451. The maximum Gasteiger partial charge on any atom is 0.219 e. The van der Waals surface area contributed by atoms with Crippen molar-refractivity contribution in [1.29, 1.82) is 0 Å². The van der Waals surface area contributed by atoms with Gasteiger partial charge in [-0.05, 0) is 25.6 Å². The molecule has 0 saturated carbocycles. The number of carbonyl (C=O) groups is 1. The van der Waals surface area contributed by atoms with Crippen LogP contribution in [-0.2, 0) is 11.3 Å². The molecule has 2 rings (SSSR count). The fourth-order valence-corrected chi connectivity index (χ4v) is 2.62. The number of rotatable bonds is 3. The van der Waals surface area contributed by atoms with Crippen LogP contribution in [0.1, 0.15) is 18.1 Å². The summed E-state index contributed by atoms with van der Waals surface area (Å²) in [5.74, 6) is 0.180. The van der Waals surface area contributed by atoms with E-state index >= 15 is 0 Å². The van der Waals surface area contributed by atoms with E-state index < -0.39 is 0 Å². The van der Waals surface area contributed by atoms with Gasteiger partial charge in [-0.2, -0.15) is 0 Å². The fraction of sp³-hybridized carbons (Fsp3) is 0.533. The van der Waals surface area contributed by atoms with Crippen molar-refractivity contribution >= 4 is 11.6 Å². The number of hydrogen-bond donors (Lipinski definition) is 1. The zero-order valence-electron chi connectivity index (χ0n) is 12.1. The van der Waals surface area contributed by atoms with E-state index in [-0.39, 0.29) is 5.91 Å². The summed E-state index contributed by atoms with van der Waals surface area (Å²) in [6, 6.07) is 6.60.